The van der Waals surface area contributed by atoms with Crippen LogP contribution in [0, 0.1) is 19.7 Å². The summed E-state index contributed by atoms with van der Waals surface area (Å²) >= 11 is 0. The second-order valence-corrected chi connectivity index (χ2v) is 5.17. The first-order chi connectivity index (χ1) is 11.0. The molecule has 0 unspecified atom stereocenters. The number of carbonyl (C=O) groups excluding carboxylic acids is 1. The zero-order valence-electron chi connectivity index (χ0n) is 12.7. The van der Waals surface area contributed by atoms with Crippen molar-refractivity contribution in [1.82, 2.24) is 10.5 Å². The first-order valence-electron chi connectivity index (χ1n) is 7.04. The summed E-state index contributed by atoms with van der Waals surface area (Å²) in [4.78, 5) is 12.0. The molecule has 122 valence electrons. The topological polar surface area (TPSA) is 85.6 Å². The lowest BCUT2D eigenvalue weighted by molar-refractivity contribution is -0.0173. The summed E-state index contributed by atoms with van der Waals surface area (Å²) in [5, 5.41) is 9.08. The number of rotatable bonds is 3. The minimum absolute atomic E-state index is 0.108. The lowest BCUT2D eigenvalue weighted by Gasteiger charge is -2.21. The molecule has 3 rings (SSSR count). The van der Waals surface area contributed by atoms with Crippen LogP contribution in [0.25, 0.3) is 0 Å². The molecule has 0 spiro atoms. The van der Waals surface area contributed by atoms with Crippen molar-refractivity contribution in [1.29, 1.82) is 0 Å². The number of amides is 2. The molecule has 0 fully saturated rings. The molecule has 2 N–H and O–H groups in total. The summed E-state index contributed by atoms with van der Waals surface area (Å²) in [5.74, 6) is 0.664. The lowest BCUT2D eigenvalue weighted by atomic mass is 10.1. The molecule has 0 radical (unpaired) electrons. The monoisotopic (exact) mass is 321 g/mol. The minimum Gasteiger partial charge on any atom is -0.467 e. The van der Waals surface area contributed by atoms with Gasteiger partial charge in [-0.15, -0.1) is 0 Å². The number of nitrogens with one attached hydrogen (secondary N) is 2. The fourth-order valence-corrected chi connectivity index (χ4v) is 2.38. The van der Waals surface area contributed by atoms with Gasteiger partial charge < -0.3 is 24.6 Å². The van der Waals surface area contributed by atoms with E-state index in [1.165, 1.54) is 12.1 Å². The SMILES string of the molecule is Cc1noc(C)c1NC(=O)NCc1cc(F)cc2c1OCOC2. The Morgan fingerprint density at radius 3 is 2.96 bits per heavy atom. The summed E-state index contributed by atoms with van der Waals surface area (Å²) in [7, 11) is 0. The van der Waals surface area contributed by atoms with Crippen LogP contribution < -0.4 is 15.4 Å². The van der Waals surface area contributed by atoms with E-state index >= 15 is 0 Å². The molecule has 1 aromatic carbocycles. The van der Waals surface area contributed by atoms with Crippen LogP contribution in [0.3, 0.4) is 0 Å². The molecule has 0 bridgehead atoms. The lowest BCUT2D eigenvalue weighted by Crippen LogP contribution is -2.29. The number of anilines is 1. The molecule has 2 aromatic rings. The molecule has 1 aromatic heterocycles. The van der Waals surface area contributed by atoms with Crippen LogP contribution in [-0.4, -0.2) is 18.0 Å². The van der Waals surface area contributed by atoms with E-state index in [9.17, 15) is 9.18 Å². The van der Waals surface area contributed by atoms with Crippen molar-refractivity contribution in [3.8, 4) is 5.75 Å². The fraction of sp³-hybridized carbons (Fsp3) is 0.333. The predicted molar refractivity (Wildman–Crippen MR) is 78.5 cm³/mol. The van der Waals surface area contributed by atoms with Crippen molar-refractivity contribution in [3.05, 3.63) is 40.5 Å². The summed E-state index contributed by atoms with van der Waals surface area (Å²) < 4.78 is 29.1. The fourth-order valence-electron chi connectivity index (χ4n) is 2.38. The maximum Gasteiger partial charge on any atom is 0.319 e. The van der Waals surface area contributed by atoms with E-state index in [-0.39, 0.29) is 19.9 Å². The minimum atomic E-state index is -0.440. The zero-order valence-corrected chi connectivity index (χ0v) is 12.7. The second-order valence-electron chi connectivity index (χ2n) is 5.17. The van der Waals surface area contributed by atoms with Crippen LogP contribution in [0.5, 0.6) is 5.75 Å². The first-order valence-corrected chi connectivity index (χ1v) is 7.04. The zero-order chi connectivity index (χ0) is 16.4. The number of benzene rings is 1. The Morgan fingerprint density at radius 1 is 1.39 bits per heavy atom. The Bertz CT molecular complexity index is 725. The maximum atomic E-state index is 13.6. The van der Waals surface area contributed by atoms with Crippen molar-refractivity contribution in [3.63, 3.8) is 0 Å². The molecule has 7 nitrogen and oxygen atoms in total. The summed E-state index contributed by atoms with van der Waals surface area (Å²) in [6.07, 6.45) is 0. The third kappa shape index (κ3) is 3.26. The first kappa shape index (κ1) is 15.3. The van der Waals surface area contributed by atoms with Gasteiger partial charge in [0.1, 0.15) is 22.9 Å². The van der Waals surface area contributed by atoms with Crippen molar-refractivity contribution in [2.45, 2.75) is 27.0 Å². The molecule has 0 saturated carbocycles. The molecule has 0 atom stereocenters. The van der Waals surface area contributed by atoms with Gasteiger partial charge in [-0.25, -0.2) is 9.18 Å². The van der Waals surface area contributed by atoms with E-state index < -0.39 is 11.8 Å². The third-order valence-electron chi connectivity index (χ3n) is 3.46. The van der Waals surface area contributed by atoms with Crippen LogP contribution in [0.15, 0.2) is 16.7 Å². The molecule has 0 aliphatic carbocycles. The number of hydrogen-bond acceptors (Lipinski definition) is 5. The number of fused-ring (bicyclic) bond motifs is 1. The molecule has 0 saturated heterocycles. The number of ether oxygens (including phenoxy) is 2. The van der Waals surface area contributed by atoms with E-state index in [0.29, 0.717) is 34.0 Å². The summed E-state index contributed by atoms with van der Waals surface area (Å²) in [5.41, 5.74) is 2.28. The van der Waals surface area contributed by atoms with Crippen molar-refractivity contribution in [2.24, 2.45) is 0 Å². The molecule has 23 heavy (non-hydrogen) atoms. The number of carbonyl (C=O) groups is 1. The Balaban J connectivity index is 1.69. The highest BCUT2D eigenvalue weighted by molar-refractivity contribution is 5.90. The maximum absolute atomic E-state index is 13.6. The third-order valence-corrected chi connectivity index (χ3v) is 3.46. The number of hydrogen-bond donors (Lipinski definition) is 2. The Morgan fingerprint density at radius 2 is 2.22 bits per heavy atom. The number of aromatic nitrogens is 1. The number of halogens is 1. The van der Waals surface area contributed by atoms with Crippen molar-refractivity contribution < 1.29 is 23.2 Å². The van der Waals surface area contributed by atoms with E-state index in [4.69, 9.17) is 14.0 Å². The van der Waals surface area contributed by atoms with Gasteiger partial charge >= 0.3 is 6.03 Å². The molecule has 2 heterocycles. The van der Waals surface area contributed by atoms with Crippen LogP contribution in [-0.2, 0) is 17.9 Å². The largest absolute Gasteiger partial charge is 0.467 e. The van der Waals surface area contributed by atoms with Gasteiger partial charge in [0, 0.05) is 17.7 Å². The van der Waals surface area contributed by atoms with E-state index in [0.717, 1.165) is 0 Å². The van der Waals surface area contributed by atoms with Gasteiger partial charge in [0.05, 0.1) is 6.61 Å². The molecule has 8 heteroatoms. The van der Waals surface area contributed by atoms with Gasteiger partial charge in [0.15, 0.2) is 12.6 Å². The van der Waals surface area contributed by atoms with Gasteiger partial charge in [-0.3, -0.25) is 0 Å². The van der Waals surface area contributed by atoms with Crippen LogP contribution in [0.1, 0.15) is 22.6 Å². The predicted octanol–water partition coefficient (Wildman–Crippen LogP) is 2.62. The highest BCUT2D eigenvalue weighted by atomic mass is 19.1. The Labute approximate surface area is 131 Å². The molecular formula is C15H16FN3O4. The van der Waals surface area contributed by atoms with E-state index in [1.807, 2.05) is 0 Å². The van der Waals surface area contributed by atoms with Crippen molar-refractivity contribution in [2.75, 3.05) is 12.1 Å². The standard InChI is InChI=1S/C15H16FN3O4/c1-8-13(9(2)23-19-8)18-15(20)17-5-10-3-12(16)4-11-6-21-7-22-14(10)11/h3-4H,5-7H2,1-2H3,(H2,17,18,20). The average Bonchev–Trinajstić information content (AvgIpc) is 2.84. The Kier molecular flexibility index (Phi) is 4.16. The number of nitrogens with zero attached hydrogens (tertiary/aromatic N) is 1. The molecule has 1 aliphatic heterocycles. The molecule has 1 aliphatic rings. The normalized spacial score (nSPS) is 13.2. The van der Waals surface area contributed by atoms with Gasteiger partial charge in [0.2, 0.25) is 0 Å². The molecule has 2 amide bonds. The van der Waals surface area contributed by atoms with Gasteiger partial charge in [-0.1, -0.05) is 5.16 Å². The quantitative estimate of drug-likeness (QED) is 0.907. The van der Waals surface area contributed by atoms with Crippen LogP contribution in [0.4, 0.5) is 14.9 Å². The van der Waals surface area contributed by atoms with Crippen LogP contribution in [0.2, 0.25) is 0 Å². The highest BCUT2D eigenvalue weighted by Crippen LogP contribution is 2.29. The summed E-state index contributed by atoms with van der Waals surface area (Å²) in [6, 6.07) is 2.26. The van der Waals surface area contributed by atoms with Gasteiger partial charge in [0.25, 0.3) is 0 Å². The van der Waals surface area contributed by atoms with Gasteiger partial charge in [-0.05, 0) is 26.0 Å². The smallest absolute Gasteiger partial charge is 0.319 e. The number of urea groups is 1. The van der Waals surface area contributed by atoms with Crippen LogP contribution >= 0.6 is 0 Å². The van der Waals surface area contributed by atoms with Crippen molar-refractivity contribution >= 4 is 11.7 Å². The van der Waals surface area contributed by atoms with E-state index in [2.05, 4.69) is 15.8 Å². The molecular weight excluding hydrogens is 305 g/mol. The Hall–Kier alpha value is -2.61. The number of aryl methyl sites for hydroxylation is 2. The average molecular weight is 321 g/mol. The van der Waals surface area contributed by atoms with E-state index in [1.54, 1.807) is 13.8 Å². The van der Waals surface area contributed by atoms with Gasteiger partial charge in [-0.2, -0.15) is 0 Å². The summed E-state index contributed by atoms with van der Waals surface area (Å²) in [6.45, 7) is 3.94. The second kappa shape index (κ2) is 6.25. The highest BCUT2D eigenvalue weighted by Gasteiger charge is 2.18.